The molecule has 2 aromatic carbocycles. The molecular formula is C15H10N2O. The molecule has 0 aliphatic heterocycles. The van der Waals surface area contributed by atoms with E-state index in [0.717, 1.165) is 5.56 Å². The highest BCUT2D eigenvalue weighted by Gasteiger charge is 2.00. The zero-order chi connectivity index (χ0) is 12.8. The molecule has 1 amide bonds. The molecule has 0 spiro atoms. The zero-order valence-electron chi connectivity index (χ0n) is 9.58. The van der Waals surface area contributed by atoms with Crippen LogP contribution >= 0.6 is 0 Å². The summed E-state index contributed by atoms with van der Waals surface area (Å²) in [6.45, 7) is 0. The Balaban J connectivity index is 2.11. The second kappa shape index (κ2) is 5.55. The quantitative estimate of drug-likeness (QED) is 0.750. The predicted molar refractivity (Wildman–Crippen MR) is 69.5 cm³/mol. The van der Waals surface area contributed by atoms with Gasteiger partial charge in [0.2, 0.25) is 0 Å². The van der Waals surface area contributed by atoms with Crippen molar-refractivity contribution in [2.24, 2.45) is 4.99 Å². The molecule has 0 aliphatic rings. The van der Waals surface area contributed by atoms with Crippen LogP contribution in [0.4, 0.5) is 0 Å². The molecule has 0 radical (unpaired) electrons. The summed E-state index contributed by atoms with van der Waals surface area (Å²) in [6.07, 6.45) is 1.50. The van der Waals surface area contributed by atoms with Crippen LogP contribution in [0.1, 0.15) is 21.5 Å². The van der Waals surface area contributed by atoms with Crippen LogP contribution in [0.25, 0.3) is 0 Å². The summed E-state index contributed by atoms with van der Waals surface area (Å²) in [5, 5.41) is 8.66. The van der Waals surface area contributed by atoms with Crippen molar-refractivity contribution in [2.45, 2.75) is 0 Å². The molecule has 18 heavy (non-hydrogen) atoms. The first-order chi connectivity index (χ1) is 8.79. The van der Waals surface area contributed by atoms with Gasteiger partial charge in [-0.25, -0.2) is 4.99 Å². The van der Waals surface area contributed by atoms with Gasteiger partial charge >= 0.3 is 0 Å². The van der Waals surface area contributed by atoms with E-state index in [2.05, 4.69) is 4.99 Å². The maximum absolute atomic E-state index is 11.7. The molecular weight excluding hydrogens is 224 g/mol. The fourth-order valence-electron chi connectivity index (χ4n) is 1.43. The van der Waals surface area contributed by atoms with Crippen molar-refractivity contribution in [3.63, 3.8) is 0 Å². The summed E-state index contributed by atoms with van der Waals surface area (Å²) in [4.78, 5) is 15.6. The van der Waals surface area contributed by atoms with Crippen LogP contribution in [0, 0.1) is 11.3 Å². The van der Waals surface area contributed by atoms with E-state index in [0.29, 0.717) is 11.1 Å². The number of benzene rings is 2. The lowest BCUT2D eigenvalue weighted by Gasteiger charge is -1.94. The van der Waals surface area contributed by atoms with Crippen molar-refractivity contribution < 1.29 is 4.79 Å². The Bertz CT molecular complexity index is 607. The van der Waals surface area contributed by atoms with Gasteiger partial charge in [0.1, 0.15) is 0 Å². The average molecular weight is 234 g/mol. The minimum absolute atomic E-state index is 0.278. The lowest BCUT2D eigenvalue weighted by molar-refractivity contribution is 0.100. The van der Waals surface area contributed by atoms with Crippen LogP contribution in [0.2, 0.25) is 0 Å². The molecule has 0 fully saturated rings. The molecule has 0 saturated heterocycles. The van der Waals surface area contributed by atoms with Gasteiger partial charge in [0, 0.05) is 11.8 Å². The number of nitrogens with zero attached hydrogens (tertiary/aromatic N) is 2. The minimum Gasteiger partial charge on any atom is -0.267 e. The fourth-order valence-corrected chi connectivity index (χ4v) is 1.43. The lowest BCUT2D eigenvalue weighted by atomic mass is 10.1. The standard InChI is InChI=1S/C15H10N2O/c16-10-12-6-8-13(9-7-12)11-17-15(18)14-4-2-1-3-5-14/h1-9,11H. The average Bonchev–Trinajstić information content (AvgIpc) is 2.46. The molecule has 86 valence electrons. The minimum atomic E-state index is -0.278. The van der Waals surface area contributed by atoms with E-state index < -0.39 is 0 Å². The van der Waals surface area contributed by atoms with Crippen LogP contribution in [0.3, 0.4) is 0 Å². The highest BCUT2D eigenvalue weighted by Crippen LogP contribution is 2.03. The molecule has 3 nitrogen and oxygen atoms in total. The van der Waals surface area contributed by atoms with Gasteiger partial charge in [-0.2, -0.15) is 5.26 Å². The maximum atomic E-state index is 11.7. The normalized spacial score (nSPS) is 10.2. The number of rotatable bonds is 2. The van der Waals surface area contributed by atoms with E-state index in [9.17, 15) is 4.79 Å². The molecule has 0 heterocycles. The zero-order valence-corrected chi connectivity index (χ0v) is 9.58. The van der Waals surface area contributed by atoms with E-state index in [1.807, 2.05) is 12.1 Å². The molecule has 0 atom stereocenters. The van der Waals surface area contributed by atoms with Crippen molar-refractivity contribution in [1.29, 1.82) is 5.26 Å². The van der Waals surface area contributed by atoms with Gasteiger partial charge in [0.05, 0.1) is 11.6 Å². The molecule has 0 bridgehead atoms. The smallest absolute Gasteiger partial charge is 0.267 e. The molecule has 0 unspecified atom stereocenters. The molecule has 0 N–H and O–H groups in total. The van der Waals surface area contributed by atoms with E-state index >= 15 is 0 Å². The van der Waals surface area contributed by atoms with Gasteiger partial charge in [-0.1, -0.05) is 30.3 Å². The molecule has 0 aromatic heterocycles. The third-order valence-electron chi connectivity index (χ3n) is 2.39. The Hall–Kier alpha value is -2.73. The number of carbonyl (C=O) groups excluding carboxylic acids is 1. The van der Waals surface area contributed by atoms with Gasteiger partial charge < -0.3 is 0 Å². The fraction of sp³-hybridized carbons (Fsp3) is 0. The summed E-state index contributed by atoms with van der Waals surface area (Å²) >= 11 is 0. The largest absolute Gasteiger partial charge is 0.276 e. The number of amides is 1. The lowest BCUT2D eigenvalue weighted by Crippen LogP contribution is -1.95. The molecule has 0 saturated carbocycles. The molecule has 2 rings (SSSR count). The Morgan fingerprint density at radius 1 is 1.06 bits per heavy atom. The predicted octanol–water partition coefficient (Wildman–Crippen LogP) is 2.82. The first-order valence-corrected chi connectivity index (χ1v) is 5.43. The molecule has 0 aliphatic carbocycles. The van der Waals surface area contributed by atoms with Crippen molar-refractivity contribution in [3.05, 3.63) is 71.3 Å². The van der Waals surface area contributed by atoms with Crippen LogP contribution in [0.5, 0.6) is 0 Å². The first kappa shape index (κ1) is 11.7. The third kappa shape index (κ3) is 2.89. The summed E-state index contributed by atoms with van der Waals surface area (Å²) in [5.41, 5.74) is 1.93. The number of carbonyl (C=O) groups is 1. The van der Waals surface area contributed by atoms with E-state index in [-0.39, 0.29) is 5.91 Å². The van der Waals surface area contributed by atoms with Crippen molar-refractivity contribution in [1.82, 2.24) is 0 Å². The van der Waals surface area contributed by atoms with Crippen LogP contribution in [-0.4, -0.2) is 12.1 Å². The Morgan fingerprint density at radius 3 is 2.33 bits per heavy atom. The number of aliphatic imine (C=N–C) groups is 1. The monoisotopic (exact) mass is 234 g/mol. The molecule has 2 aromatic rings. The Labute approximate surface area is 105 Å². The van der Waals surface area contributed by atoms with E-state index in [1.165, 1.54) is 6.21 Å². The van der Waals surface area contributed by atoms with E-state index in [1.54, 1.807) is 48.5 Å². The number of nitriles is 1. The Kier molecular flexibility index (Phi) is 3.62. The third-order valence-corrected chi connectivity index (χ3v) is 2.39. The molecule has 3 heteroatoms. The maximum Gasteiger partial charge on any atom is 0.276 e. The summed E-state index contributed by atoms with van der Waals surface area (Å²) in [5.74, 6) is -0.278. The van der Waals surface area contributed by atoms with Crippen molar-refractivity contribution >= 4 is 12.1 Å². The summed E-state index contributed by atoms with van der Waals surface area (Å²) < 4.78 is 0. The van der Waals surface area contributed by atoms with Gasteiger partial charge in [-0.15, -0.1) is 0 Å². The van der Waals surface area contributed by atoms with Gasteiger partial charge in [0.25, 0.3) is 5.91 Å². The van der Waals surface area contributed by atoms with Gasteiger partial charge in [-0.3, -0.25) is 4.79 Å². The highest BCUT2D eigenvalue weighted by molar-refractivity contribution is 6.01. The SMILES string of the molecule is N#Cc1ccc(C=NC(=O)c2ccccc2)cc1. The van der Waals surface area contributed by atoms with Crippen molar-refractivity contribution in [2.75, 3.05) is 0 Å². The second-order valence-electron chi connectivity index (χ2n) is 3.66. The Morgan fingerprint density at radius 2 is 1.72 bits per heavy atom. The van der Waals surface area contributed by atoms with Gasteiger partial charge in [-0.05, 0) is 29.8 Å². The summed E-state index contributed by atoms with van der Waals surface area (Å²) in [6, 6.07) is 17.8. The topological polar surface area (TPSA) is 53.2 Å². The summed E-state index contributed by atoms with van der Waals surface area (Å²) in [7, 11) is 0. The first-order valence-electron chi connectivity index (χ1n) is 5.43. The van der Waals surface area contributed by atoms with Gasteiger partial charge in [0.15, 0.2) is 0 Å². The number of hydrogen-bond donors (Lipinski definition) is 0. The van der Waals surface area contributed by atoms with Crippen molar-refractivity contribution in [3.8, 4) is 6.07 Å². The van der Waals surface area contributed by atoms with Crippen LogP contribution in [-0.2, 0) is 0 Å². The number of hydrogen-bond acceptors (Lipinski definition) is 2. The second-order valence-corrected chi connectivity index (χ2v) is 3.66. The highest BCUT2D eigenvalue weighted by atomic mass is 16.1. The van der Waals surface area contributed by atoms with Crippen LogP contribution in [0.15, 0.2) is 59.6 Å². The van der Waals surface area contributed by atoms with E-state index in [4.69, 9.17) is 5.26 Å². The van der Waals surface area contributed by atoms with Crippen LogP contribution < -0.4 is 0 Å².